The minimum absolute atomic E-state index is 0.663. The summed E-state index contributed by atoms with van der Waals surface area (Å²) in [6, 6.07) is 0. The first-order chi connectivity index (χ1) is 6.72. The van der Waals surface area contributed by atoms with Crippen LogP contribution in [0.25, 0.3) is 0 Å². The van der Waals surface area contributed by atoms with E-state index in [-0.39, 0.29) is 0 Å². The molecule has 0 aromatic heterocycles. The Labute approximate surface area is 89.4 Å². The zero-order valence-electron chi connectivity index (χ0n) is 9.92. The minimum Gasteiger partial charge on any atom is -0.0996 e. The maximum atomic E-state index is 4.15. The highest BCUT2D eigenvalue weighted by molar-refractivity contribution is 5.01. The van der Waals surface area contributed by atoms with Crippen molar-refractivity contribution < 1.29 is 0 Å². The summed E-state index contributed by atoms with van der Waals surface area (Å²) in [7, 11) is 0. The van der Waals surface area contributed by atoms with Crippen LogP contribution in [0, 0.1) is 5.92 Å². The first-order valence-corrected chi connectivity index (χ1v) is 5.62. The highest BCUT2D eigenvalue weighted by Gasteiger charge is 2.04. The number of hydrogen-bond acceptors (Lipinski definition) is 0. The van der Waals surface area contributed by atoms with E-state index < -0.39 is 0 Å². The Bertz CT molecular complexity index is 196. The summed E-state index contributed by atoms with van der Waals surface area (Å²) < 4.78 is 0. The first-order valence-electron chi connectivity index (χ1n) is 5.62. The molecule has 0 saturated carbocycles. The van der Waals surface area contributed by atoms with Gasteiger partial charge in [0.05, 0.1) is 0 Å². The van der Waals surface area contributed by atoms with Gasteiger partial charge < -0.3 is 0 Å². The second-order valence-corrected chi connectivity index (χ2v) is 3.81. The van der Waals surface area contributed by atoms with Crippen LogP contribution in [0.2, 0.25) is 0 Å². The SMILES string of the molecule is C=C(CC/C=C\C)C(C)CC/C=C\C. The molecule has 0 spiro atoms. The van der Waals surface area contributed by atoms with Crippen LogP contribution in [0.1, 0.15) is 46.5 Å². The second kappa shape index (κ2) is 8.80. The third kappa shape index (κ3) is 6.71. The van der Waals surface area contributed by atoms with Crippen LogP contribution in [0.5, 0.6) is 0 Å². The van der Waals surface area contributed by atoms with Gasteiger partial charge in [0, 0.05) is 0 Å². The molecule has 80 valence electrons. The lowest BCUT2D eigenvalue weighted by Gasteiger charge is -2.12. The summed E-state index contributed by atoms with van der Waals surface area (Å²) in [5.74, 6) is 0.663. The van der Waals surface area contributed by atoms with Crippen molar-refractivity contribution in [2.75, 3.05) is 0 Å². The van der Waals surface area contributed by atoms with E-state index in [0.29, 0.717) is 5.92 Å². The maximum Gasteiger partial charge on any atom is -0.0231 e. The molecule has 14 heavy (non-hydrogen) atoms. The molecule has 1 atom stereocenters. The Morgan fingerprint density at radius 1 is 1.14 bits per heavy atom. The predicted octanol–water partition coefficient (Wildman–Crippen LogP) is 4.89. The Balaban J connectivity index is 3.64. The van der Waals surface area contributed by atoms with Crippen LogP contribution < -0.4 is 0 Å². The third-order valence-electron chi connectivity index (χ3n) is 2.57. The molecule has 0 bridgehead atoms. The number of rotatable bonds is 7. The fourth-order valence-corrected chi connectivity index (χ4v) is 1.40. The van der Waals surface area contributed by atoms with E-state index >= 15 is 0 Å². The highest BCUT2D eigenvalue weighted by atomic mass is 14.1. The molecule has 0 heterocycles. The molecule has 1 unspecified atom stereocenters. The van der Waals surface area contributed by atoms with Crippen LogP contribution in [0.15, 0.2) is 36.5 Å². The van der Waals surface area contributed by atoms with Crippen molar-refractivity contribution >= 4 is 0 Å². The minimum atomic E-state index is 0.663. The normalized spacial score (nSPS) is 13.9. The third-order valence-corrected chi connectivity index (χ3v) is 2.57. The molecule has 0 fully saturated rings. The molecule has 0 aromatic carbocycles. The standard InChI is InChI=1S/C14H24/c1-5-7-9-11-13(3)14(4)12-10-8-6-2/h5-8,14H,3,9-12H2,1-2,4H3/b7-5-,8-6-. The van der Waals surface area contributed by atoms with E-state index in [4.69, 9.17) is 0 Å². The first kappa shape index (κ1) is 13.2. The molecule has 0 rings (SSSR count). The van der Waals surface area contributed by atoms with Crippen molar-refractivity contribution in [3.05, 3.63) is 36.5 Å². The van der Waals surface area contributed by atoms with Gasteiger partial charge in [-0.15, -0.1) is 0 Å². The quantitative estimate of drug-likeness (QED) is 0.504. The van der Waals surface area contributed by atoms with Crippen LogP contribution in [0.4, 0.5) is 0 Å². The zero-order valence-corrected chi connectivity index (χ0v) is 9.92. The molecule has 0 aromatic rings. The summed E-state index contributed by atoms with van der Waals surface area (Å²) in [5, 5.41) is 0. The monoisotopic (exact) mass is 192 g/mol. The van der Waals surface area contributed by atoms with E-state index in [0.717, 1.165) is 12.8 Å². The van der Waals surface area contributed by atoms with E-state index in [1.54, 1.807) is 0 Å². The average molecular weight is 192 g/mol. The van der Waals surface area contributed by atoms with Crippen molar-refractivity contribution in [1.29, 1.82) is 0 Å². The molecule has 0 amide bonds. The smallest absolute Gasteiger partial charge is 0.0231 e. The molecular formula is C14H24. The van der Waals surface area contributed by atoms with Gasteiger partial charge in [-0.3, -0.25) is 0 Å². The summed E-state index contributed by atoms with van der Waals surface area (Å²) in [4.78, 5) is 0. The summed E-state index contributed by atoms with van der Waals surface area (Å²) >= 11 is 0. The van der Waals surface area contributed by atoms with Gasteiger partial charge in [0.15, 0.2) is 0 Å². The Hall–Kier alpha value is -0.780. The largest absolute Gasteiger partial charge is 0.0996 e. The van der Waals surface area contributed by atoms with Gasteiger partial charge in [-0.05, 0) is 45.4 Å². The van der Waals surface area contributed by atoms with Crippen molar-refractivity contribution in [2.45, 2.75) is 46.5 Å². The van der Waals surface area contributed by atoms with Gasteiger partial charge in [0.25, 0.3) is 0 Å². The van der Waals surface area contributed by atoms with Gasteiger partial charge in [-0.1, -0.05) is 43.4 Å². The van der Waals surface area contributed by atoms with Crippen LogP contribution in [-0.4, -0.2) is 0 Å². The van der Waals surface area contributed by atoms with Gasteiger partial charge >= 0.3 is 0 Å². The van der Waals surface area contributed by atoms with Crippen molar-refractivity contribution in [2.24, 2.45) is 5.92 Å². The molecular weight excluding hydrogens is 168 g/mol. The average Bonchev–Trinajstić information content (AvgIpc) is 2.18. The molecule has 0 saturated heterocycles. The van der Waals surface area contributed by atoms with Gasteiger partial charge in [-0.25, -0.2) is 0 Å². The van der Waals surface area contributed by atoms with Crippen LogP contribution in [0.3, 0.4) is 0 Å². The van der Waals surface area contributed by atoms with E-state index in [9.17, 15) is 0 Å². The summed E-state index contributed by atoms with van der Waals surface area (Å²) in [6.07, 6.45) is 13.4. The summed E-state index contributed by atoms with van der Waals surface area (Å²) in [6.45, 7) is 10.6. The molecule has 0 radical (unpaired) electrons. The van der Waals surface area contributed by atoms with E-state index in [1.807, 2.05) is 0 Å². The lowest BCUT2D eigenvalue weighted by atomic mass is 9.94. The topological polar surface area (TPSA) is 0 Å². The Kier molecular flexibility index (Phi) is 8.31. The Morgan fingerprint density at radius 2 is 1.71 bits per heavy atom. The fourth-order valence-electron chi connectivity index (χ4n) is 1.40. The van der Waals surface area contributed by atoms with Crippen LogP contribution in [-0.2, 0) is 0 Å². The van der Waals surface area contributed by atoms with Crippen LogP contribution >= 0.6 is 0 Å². The van der Waals surface area contributed by atoms with Gasteiger partial charge in [-0.2, -0.15) is 0 Å². The lowest BCUT2D eigenvalue weighted by Crippen LogP contribution is -1.97. The molecule has 0 nitrogen and oxygen atoms in total. The summed E-state index contributed by atoms with van der Waals surface area (Å²) in [5.41, 5.74) is 1.40. The molecule has 0 N–H and O–H groups in total. The maximum absolute atomic E-state index is 4.15. The molecule has 0 aliphatic rings. The second-order valence-electron chi connectivity index (χ2n) is 3.81. The number of hydrogen-bond donors (Lipinski definition) is 0. The molecule has 0 heteroatoms. The Morgan fingerprint density at radius 3 is 2.29 bits per heavy atom. The number of allylic oxidation sites excluding steroid dienone is 5. The highest BCUT2D eigenvalue weighted by Crippen LogP contribution is 2.19. The predicted molar refractivity (Wildman–Crippen MR) is 66.4 cm³/mol. The zero-order chi connectivity index (χ0) is 10.8. The van der Waals surface area contributed by atoms with E-state index in [1.165, 1.54) is 18.4 Å². The van der Waals surface area contributed by atoms with Crippen molar-refractivity contribution in [1.82, 2.24) is 0 Å². The van der Waals surface area contributed by atoms with Gasteiger partial charge in [0.1, 0.15) is 0 Å². The van der Waals surface area contributed by atoms with Gasteiger partial charge in [0.2, 0.25) is 0 Å². The van der Waals surface area contributed by atoms with Crippen molar-refractivity contribution in [3.63, 3.8) is 0 Å². The van der Waals surface area contributed by atoms with E-state index in [2.05, 4.69) is 51.7 Å². The molecule has 0 aliphatic heterocycles. The van der Waals surface area contributed by atoms with Crippen molar-refractivity contribution in [3.8, 4) is 0 Å². The lowest BCUT2D eigenvalue weighted by molar-refractivity contribution is 0.598. The molecule has 0 aliphatic carbocycles. The fraction of sp³-hybridized carbons (Fsp3) is 0.571.